The van der Waals surface area contributed by atoms with Crippen molar-refractivity contribution < 1.29 is 0 Å². The second kappa shape index (κ2) is 13.6. The monoisotopic (exact) mass is 838 g/mol. The van der Waals surface area contributed by atoms with Crippen LogP contribution in [0.1, 0.15) is 5.56 Å². The Morgan fingerprint density at radius 2 is 0.894 bits per heavy atom. The van der Waals surface area contributed by atoms with E-state index in [4.69, 9.17) is 6.57 Å². The number of rotatable bonds is 4. The molecule has 0 spiro atoms. The van der Waals surface area contributed by atoms with Gasteiger partial charge in [-0.05, 0) is 89.6 Å². The molecule has 0 saturated heterocycles. The molecule has 0 aliphatic carbocycles. The Morgan fingerprint density at radius 1 is 0.364 bits per heavy atom. The molecule has 14 aromatic rings. The minimum atomic E-state index is 0.454. The first kappa shape index (κ1) is 36.2. The third-order valence-electron chi connectivity index (χ3n) is 13.8. The van der Waals surface area contributed by atoms with Crippen LogP contribution in [0.25, 0.3) is 126 Å². The fourth-order valence-electron chi connectivity index (χ4n) is 11.1. The highest BCUT2D eigenvalue weighted by Crippen LogP contribution is 2.46. The lowest BCUT2D eigenvalue weighted by molar-refractivity contribution is 1.14. The molecule has 0 radical (unpaired) electrons. The van der Waals surface area contributed by atoms with E-state index in [0.29, 0.717) is 22.6 Å². The van der Waals surface area contributed by atoms with Crippen LogP contribution >= 0.6 is 0 Å². The first-order chi connectivity index (χ1) is 32.7. The van der Waals surface area contributed by atoms with Gasteiger partial charge in [0.25, 0.3) is 0 Å². The highest BCUT2D eigenvalue weighted by atomic mass is 15.0. The molecule has 14 rings (SSSR count). The fraction of sp³-hybridized carbons (Fsp3) is 0. The highest BCUT2D eigenvalue weighted by Gasteiger charge is 2.25. The van der Waals surface area contributed by atoms with Crippen molar-refractivity contribution in [2.75, 3.05) is 0 Å². The van der Waals surface area contributed by atoms with Crippen molar-refractivity contribution in [3.8, 4) is 28.8 Å². The maximum absolute atomic E-state index is 11.4. The summed E-state index contributed by atoms with van der Waals surface area (Å²) in [5, 5.41) is 22.6. The summed E-state index contributed by atoms with van der Waals surface area (Å²) >= 11 is 0. The Morgan fingerprint density at radius 3 is 1.59 bits per heavy atom. The quantitative estimate of drug-likeness (QED) is 0.163. The summed E-state index contributed by atoms with van der Waals surface area (Å²) in [5.41, 5.74) is 12.7. The van der Waals surface area contributed by atoms with E-state index < -0.39 is 0 Å². The molecule has 4 heterocycles. The normalized spacial score (nSPS) is 11.9. The number of para-hydroxylation sites is 5. The summed E-state index contributed by atoms with van der Waals surface area (Å²) in [6.45, 7) is 8.80. The molecule has 0 unspecified atom stereocenters. The predicted molar refractivity (Wildman–Crippen MR) is 272 cm³/mol. The van der Waals surface area contributed by atoms with Crippen LogP contribution in [-0.2, 0) is 0 Å². The van der Waals surface area contributed by atoms with Crippen LogP contribution in [0.5, 0.6) is 0 Å². The van der Waals surface area contributed by atoms with E-state index in [1.807, 2.05) is 24.3 Å². The van der Waals surface area contributed by atoms with E-state index in [1.165, 1.54) is 10.8 Å². The summed E-state index contributed by atoms with van der Waals surface area (Å²) < 4.78 is 9.11. The summed E-state index contributed by atoms with van der Waals surface area (Å²) in [6, 6.07) is 75.1. The molecule has 0 saturated carbocycles. The molecule has 0 aliphatic rings. The fourth-order valence-corrected chi connectivity index (χ4v) is 11.1. The van der Waals surface area contributed by atoms with Gasteiger partial charge in [0.2, 0.25) is 5.69 Å². The van der Waals surface area contributed by atoms with Crippen molar-refractivity contribution in [3.63, 3.8) is 0 Å². The lowest BCUT2D eigenvalue weighted by Gasteiger charge is -2.16. The third-order valence-corrected chi connectivity index (χ3v) is 13.8. The second-order valence-corrected chi connectivity index (χ2v) is 17.1. The second-order valence-electron chi connectivity index (χ2n) is 17.1. The number of nitriles is 1. The molecule has 4 aromatic heterocycles. The van der Waals surface area contributed by atoms with Gasteiger partial charge in [0, 0.05) is 54.5 Å². The van der Waals surface area contributed by atoms with E-state index in [2.05, 4.69) is 211 Å². The maximum Gasteiger partial charge on any atom is 0.212 e. The van der Waals surface area contributed by atoms with Gasteiger partial charge in [0.15, 0.2) is 0 Å². The van der Waals surface area contributed by atoms with Crippen molar-refractivity contribution in [2.24, 2.45) is 0 Å². The zero-order valence-electron chi connectivity index (χ0n) is 35.3. The van der Waals surface area contributed by atoms with E-state index in [0.717, 1.165) is 98.6 Å². The maximum atomic E-state index is 11.4. The lowest BCUT2D eigenvalue weighted by Crippen LogP contribution is -2.02. The predicted octanol–water partition coefficient (Wildman–Crippen LogP) is 15.7. The van der Waals surface area contributed by atoms with Gasteiger partial charge >= 0.3 is 0 Å². The zero-order valence-corrected chi connectivity index (χ0v) is 35.3. The van der Waals surface area contributed by atoms with Crippen LogP contribution in [0.15, 0.2) is 206 Å². The Hall–Kier alpha value is -9.36. The van der Waals surface area contributed by atoms with Gasteiger partial charge in [-0.1, -0.05) is 127 Å². The van der Waals surface area contributed by atoms with Crippen molar-refractivity contribution in [1.29, 1.82) is 5.26 Å². The SMILES string of the molecule is [C-]#[N+]c1cc(-n2c3ccc(-n4c5ccccc5c5ccccc54)cc3c3ccc4c(c5ccccc5n4-c4ccccc4)c32)c(C#N)cc1-n1c2ccccc2c2c3ccccc3ccc21. The molecule has 0 amide bonds. The number of fused-ring (bicyclic) bond motifs is 15. The van der Waals surface area contributed by atoms with Gasteiger partial charge in [-0.15, -0.1) is 0 Å². The number of nitrogens with zero attached hydrogens (tertiary/aromatic N) is 6. The molecule has 304 valence electrons. The third kappa shape index (κ3) is 4.82. The molecular weight excluding hydrogens is 805 g/mol. The number of hydrogen-bond acceptors (Lipinski definition) is 1. The van der Waals surface area contributed by atoms with Crippen LogP contribution < -0.4 is 0 Å². The van der Waals surface area contributed by atoms with E-state index in [9.17, 15) is 5.26 Å². The zero-order chi connectivity index (χ0) is 43.6. The Kier molecular flexibility index (Phi) is 7.43. The molecule has 0 N–H and O–H groups in total. The molecule has 0 fully saturated rings. The van der Waals surface area contributed by atoms with Crippen LogP contribution in [0, 0.1) is 17.9 Å². The molecule has 0 aliphatic heterocycles. The van der Waals surface area contributed by atoms with Crippen LogP contribution in [0.2, 0.25) is 0 Å². The number of aromatic nitrogens is 4. The Bertz CT molecular complexity index is 4430. The smallest absolute Gasteiger partial charge is 0.212 e. The summed E-state index contributed by atoms with van der Waals surface area (Å²) in [4.78, 5) is 4.27. The van der Waals surface area contributed by atoms with Crippen molar-refractivity contribution in [1.82, 2.24) is 18.3 Å². The number of benzene rings is 10. The molecule has 0 atom stereocenters. The largest absolute Gasteiger partial charge is 0.319 e. The standard InChI is InChI=1S/C60H34N6/c1-62-48-35-56(38(36-61)33-57(48)65-52-26-14-9-21-45(52)58-41-18-6-5-15-37(41)27-30-54(58)65)66-53-31-28-40(64-49-23-11-7-19-42(49)43-20-8-12-24-50(43)64)34-47(53)44-29-32-55-59(60(44)66)46-22-10-13-25-51(46)63(55)39-16-3-2-4-17-39/h2-35H. The topological polar surface area (TPSA) is 47.9 Å². The summed E-state index contributed by atoms with van der Waals surface area (Å²) in [5.74, 6) is 0. The molecule has 66 heavy (non-hydrogen) atoms. The van der Waals surface area contributed by atoms with E-state index in [1.54, 1.807) is 0 Å². The average Bonchev–Trinajstić information content (AvgIpc) is 4.11. The van der Waals surface area contributed by atoms with Gasteiger partial charge in [0.1, 0.15) is 6.07 Å². The van der Waals surface area contributed by atoms with Gasteiger partial charge in [-0.2, -0.15) is 5.26 Å². The minimum absolute atomic E-state index is 0.454. The molecule has 6 heteroatoms. The van der Waals surface area contributed by atoms with E-state index in [-0.39, 0.29) is 0 Å². The van der Waals surface area contributed by atoms with Gasteiger partial charge in [-0.3, -0.25) is 0 Å². The molecular formula is C60H34N6. The van der Waals surface area contributed by atoms with Crippen molar-refractivity contribution >= 4 is 104 Å². The first-order valence-corrected chi connectivity index (χ1v) is 22.1. The lowest BCUT2D eigenvalue weighted by atomic mass is 10.0. The van der Waals surface area contributed by atoms with Gasteiger partial charge in [0.05, 0.1) is 67.6 Å². The van der Waals surface area contributed by atoms with E-state index >= 15 is 0 Å². The van der Waals surface area contributed by atoms with Crippen molar-refractivity contribution in [3.05, 3.63) is 223 Å². The summed E-state index contributed by atoms with van der Waals surface area (Å²) in [7, 11) is 0. The average molecular weight is 839 g/mol. The number of hydrogen-bond donors (Lipinski definition) is 0. The molecule has 6 nitrogen and oxygen atoms in total. The molecule has 10 aromatic carbocycles. The van der Waals surface area contributed by atoms with Crippen LogP contribution in [0.3, 0.4) is 0 Å². The summed E-state index contributed by atoms with van der Waals surface area (Å²) in [6.07, 6.45) is 0. The Balaban J connectivity index is 1.11. The highest BCUT2D eigenvalue weighted by molar-refractivity contribution is 6.27. The Labute approximate surface area is 377 Å². The molecule has 0 bridgehead atoms. The van der Waals surface area contributed by atoms with Crippen molar-refractivity contribution in [2.45, 2.75) is 0 Å². The van der Waals surface area contributed by atoms with Gasteiger partial charge < -0.3 is 18.3 Å². The first-order valence-electron chi connectivity index (χ1n) is 22.1. The van der Waals surface area contributed by atoms with Crippen LogP contribution in [0.4, 0.5) is 5.69 Å². The van der Waals surface area contributed by atoms with Gasteiger partial charge in [-0.25, -0.2) is 4.85 Å². The van der Waals surface area contributed by atoms with Crippen LogP contribution in [-0.4, -0.2) is 18.3 Å². The minimum Gasteiger partial charge on any atom is -0.319 e.